The second-order valence-electron chi connectivity index (χ2n) is 4.53. The normalized spacial score (nSPS) is 11.0. The molecule has 0 aliphatic carbocycles. The van der Waals surface area contributed by atoms with Crippen molar-refractivity contribution < 1.29 is 13.2 Å². The molecule has 0 aromatic heterocycles. The molecule has 2 aromatic carbocycles. The van der Waals surface area contributed by atoms with E-state index < -0.39 is 15.9 Å². The summed E-state index contributed by atoms with van der Waals surface area (Å²) in [6.07, 6.45) is 1.03. The molecule has 0 spiro atoms. The first kappa shape index (κ1) is 16.6. The highest BCUT2D eigenvalue weighted by Gasteiger charge is 2.12. The van der Waals surface area contributed by atoms with Gasteiger partial charge in [-0.3, -0.25) is 9.52 Å². The van der Waals surface area contributed by atoms with E-state index in [9.17, 15) is 13.2 Å². The van der Waals surface area contributed by atoms with Crippen molar-refractivity contribution in [2.75, 3.05) is 16.3 Å². The summed E-state index contributed by atoms with van der Waals surface area (Å²) in [6, 6.07) is 10.9. The molecule has 2 aromatic rings. The number of carbonyl (C=O) groups excluding carboxylic acids is 1. The summed E-state index contributed by atoms with van der Waals surface area (Å²) in [6.45, 7) is 0. The van der Waals surface area contributed by atoms with Crippen LogP contribution in [0.15, 0.2) is 42.5 Å². The van der Waals surface area contributed by atoms with Crippen LogP contribution in [-0.2, 0) is 10.0 Å². The Kier molecular flexibility index (Phi) is 4.95. The number of carbonyl (C=O) groups is 1. The minimum absolute atomic E-state index is 0.139. The molecule has 0 aliphatic heterocycles. The monoisotopic (exact) mass is 358 g/mol. The second-order valence-corrected chi connectivity index (χ2v) is 7.12. The number of amides is 1. The van der Waals surface area contributed by atoms with E-state index in [1.54, 1.807) is 24.3 Å². The lowest BCUT2D eigenvalue weighted by atomic mass is 10.2. The maximum atomic E-state index is 12.1. The van der Waals surface area contributed by atoms with Gasteiger partial charge in [-0.05, 0) is 42.5 Å². The predicted molar refractivity (Wildman–Crippen MR) is 89.3 cm³/mol. The van der Waals surface area contributed by atoms with Gasteiger partial charge in [0.25, 0.3) is 5.91 Å². The van der Waals surface area contributed by atoms with E-state index in [4.69, 9.17) is 23.2 Å². The van der Waals surface area contributed by atoms with Crippen LogP contribution in [0.2, 0.25) is 10.0 Å². The summed E-state index contributed by atoms with van der Waals surface area (Å²) < 4.78 is 24.6. The summed E-state index contributed by atoms with van der Waals surface area (Å²) >= 11 is 11.8. The summed E-state index contributed by atoms with van der Waals surface area (Å²) in [5.41, 5.74) is 1.09. The molecule has 0 heterocycles. The number of rotatable bonds is 4. The van der Waals surface area contributed by atoms with Crippen LogP contribution in [0.4, 0.5) is 11.4 Å². The molecule has 116 valence electrons. The number of benzene rings is 2. The number of nitrogens with one attached hydrogen (secondary N) is 2. The van der Waals surface area contributed by atoms with Crippen LogP contribution >= 0.6 is 23.2 Å². The Morgan fingerprint density at radius 1 is 1.00 bits per heavy atom. The zero-order valence-corrected chi connectivity index (χ0v) is 13.8. The topological polar surface area (TPSA) is 75.3 Å². The Morgan fingerprint density at radius 2 is 1.59 bits per heavy atom. The Morgan fingerprint density at radius 3 is 2.14 bits per heavy atom. The molecule has 0 saturated heterocycles. The molecule has 0 aliphatic rings. The molecule has 5 nitrogen and oxygen atoms in total. The highest BCUT2D eigenvalue weighted by molar-refractivity contribution is 7.92. The summed E-state index contributed by atoms with van der Waals surface area (Å²) in [5, 5.41) is 3.37. The van der Waals surface area contributed by atoms with Crippen molar-refractivity contribution in [3.8, 4) is 0 Å². The van der Waals surface area contributed by atoms with Crippen molar-refractivity contribution >= 4 is 50.5 Å². The quantitative estimate of drug-likeness (QED) is 0.876. The molecule has 2 N–H and O–H groups in total. The average molecular weight is 359 g/mol. The van der Waals surface area contributed by atoms with E-state index in [0.29, 0.717) is 10.7 Å². The van der Waals surface area contributed by atoms with Gasteiger partial charge in [0, 0.05) is 16.4 Å². The Hall–Kier alpha value is -1.76. The Bertz CT molecular complexity index is 805. The fourth-order valence-corrected chi connectivity index (χ4v) is 2.66. The fraction of sp³-hybridized carbons (Fsp3) is 0.0714. The first-order valence-corrected chi connectivity index (χ1v) is 8.73. The number of hydrogen-bond donors (Lipinski definition) is 2. The predicted octanol–water partition coefficient (Wildman–Crippen LogP) is 3.62. The molecule has 1 amide bonds. The van der Waals surface area contributed by atoms with Crippen LogP contribution in [0, 0.1) is 0 Å². The van der Waals surface area contributed by atoms with Gasteiger partial charge in [-0.15, -0.1) is 0 Å². The smallest absolute Gasteiger partial charge is 0.257 e. The van der Waals surface area contributed by atoms with Crippen LogP contribution in [0.1, 0.15) is 10.4 Å². The van der Waals surface area contributed by atoms with Crippen LogP contribution < -0.4 is 10.0 Å². The van der Waals surface area contributed by atoms with Crippen molar-refractivity contribution in [1.29, 1.82) is 0 Å². The third kappa shape index (κ3) is 4.62. The van der Waals surface area contributed by atoms with Crippen LogP contribution in [0.3, 0.4) is 0 Å². The minimum atomic E-state index is -3.40. The number of hydrogen-bond acceptors (Lipinski definition) is 3. The number of halogens is 2. The molecular formula is C14H12Cl2N2O3S. The Labute approximate surface area is 138 Å². The molecule has 0 atom stereocenters. The summed E-state index contributed by atoms with van der Waals surface area (Å²) in [7, 11) is -3.40. The average Bonchev–Trinajstić information content (AvgIpc) is 2.39. The van der Waals surface area contributed by atoms with Gasteiger partial charge in [-0.2, -0.15) is 0 Å². The summed E-state index contributed by atoms with van der Waals surface area (Å²) in [4.78, 5) is 12.1. The molecular weight excluding hydrogens is 347 g/mol. The molecule has 22 heavy (non-hydrogen) atoms. The maximum Gasteiger partial charge on any atom is 0.257 e. The van der Waals surface area contributed by atoms with Crippen molar-refractivity contribution in [3.63, 3.8) is 0 Å². The first-order valence-electron chi connectivity index (χ1n) is 6.09. The second kappa shape index (κ2) is 6.56. The lowest BCUT2D eigenvalue weighted by Crippen LogP contribution is -2.13. The maximum absolute atomic E-state index is 12.1. The van der Waals surface area contributed by atoms with Crippen LogP contribution in [0.25, 0.3) is 0 Å². The third-order valence-corrected chi connectivity index (χ3v) is 3.79. The van der Waals surface area contributed by atoms with Gasteiger partial charge in [-0.25, -0.2) is 8.42 Å². The van der Waals surface area contributed by atoms with Crippen molar-refractivity contribution in [2.24, 2.45) is 0 Å². The van der Waals surface area contributed by atoms with Crippen molar-refractivity contribution in [2.45, 2.75) is 0 Å². The van der Waals surface area contributed by atoms with Crippen LogP contribution in [0.5, 0.6) is 0 Å². The summed E-state index contributed by atoms with van der Waals surface area (Å²) in [5.74, 6) is -0.404. The standard InChI is InChI=1S/C14H12Cl2N2O3S/c1-22(20,21)18-11-6-7-12(13(16)8-11)14(19)17-10-4-2-9(15)3-5-10/h2-8,18H,1H3,(H,17,19). The first-order chi connectivity index (χ1) is 10.2. The van der Waals surface area contributed by atoms with Gasteiger partial charge in [0.15, 0.2) is 0 Å². The van der Waals surface area contributed by atoms with Gasteiger partial charge in [0.1, 0.15) is 0 Å². The molecule has 0 fully saturated rings. The third-order valence-electron chi connectivity index (χ3n) is 2.62. The lowest BCUT2D eigenvalue weighted by molar-refractivity contribution is 0.102. The van der Waals surface area contributed by atoms with Crippen molar-refractivity contribution in [3.05, 3.63) is 58.1 Å². The highest BCUT2D eigenvalue weighted by Crippen LogP contribution is 2.23. The van der Waals surface area contributed by atoms with Crippen molar-refractivity contribution in [1.82, 2.24) is 0 Å². The van der Waals surface area contributed by atoms with Gasteiger partial charge in [0.05, 0.1) is 16.8 Å². The van der Waals surface area contributed by atoms with Crippen LogP contribution in [-0.4, -0.2) is 20.6 Å². The lowest BCUT2D eigenvalue weighted by Gasteiger charge is -2.09. The molecule has 0 radical (unpaired) electrons. The van der Waals surface area contributed by atoms with E-state index in [-0.39, 0.29) is 16.3 Å². The van der Waals surface area contributed by atoms with Gasteiger partial charge in [-0.1, -0.05) is 23.2 Å². The zero-order chi connectivity index (χ0) is 16.3. The van der Waals surface area contributed by atoms with E-state index in [1.165, 1.54) is 18.2 Å². The van der Waals surface area contributed by atoms with E-state index in [1.807, 2.05) is 0 Å². The van der Waals surface area contributed by atoms with E-state index in [0.717, 1.165) is 6.26 Å². The molecule has 0 saturated carbocycles. The molecule has 0 unspecified atom stereocenters. The van der Waals surface area contributed by atoms with E-state index >= 15 is 0 Å². The Balaban J connectivity index is 2.18. The minimum Gasteiger partial charge on any atom is -0.322 e. The van der Waals surface area contributed by atoms with Gasteiger partial charge in [0.2, 0.25) is 10.0 Å². The fourth-order valence-electron chi connectivity index (χ4n) is 1.71. The SMILES string of the molecule is CS(=O)(=O)Nc1ccc(C(=O)Nc2ccc(Cl)cc2)c(Cl)c1. The van der Waals surface area contributed by atoms with Gasteiger partial charge >= 0.3 is 0 Å². The number of anilines is 2. The highest BCUT2D eigenvalue weighted by atomic mass is 35.5. The largest absolute Gasteiger partial charge is 0.322 e. The number of sulfonamides is 1. The molecule has 8 heteroatoms. The zero-order valence-electron chi connectivity index (χ0n) is 11.4. The molecule has 0 bridgehead atoms. The molecule has 2 rings (SSSR count). The van der Waals surface area contributed by atoms with E-state index in [2.05, 4.69) is 10.0 Å². The van der Waals surface area contributed by atoms with Gasteiger partial charge < -0.3 is 5.32 Å².